The van der Waals surface area contributed by atoms with Crippen molar-refractivity contribution in [2.45, 2.75) is 38.4 Å². The summed E-state index contributed by atoms with van der Waals surface area (Å²) in [6.07, 6.45) is 2.50. The Balaban J connectivity index is 2.12. The van der Waals surface area contributed by atoms with Crippen LogP contribution in [0, 0.1) is 0 Å². The van der Waals surface area contributed by atoms with Crippen molar-refractivity contribution < 1.29 is 0 Å². The molecule has 2 rings (SSSR count). The molecule has 4 N–H and O–H groups in total. The Labute approximate surface area is 130 Å². The van der Waals surface area contributed by atoms with E-state index in [2.05, 4.69) is 51.4 Å². The Kier molecular flexibility index (Phi) is 5.46. The van der Waals surface area contributed by atoms with Crippen LogP contribution >= 0.6 is 11.8 Å². The average Bonchev–Trinajstić information content (AvgIpc) is 2.93. The molecule has 1 fully saturated rings. The van der Waals surface area contributed by atoms with E-state index < -0.39 is 0 Å². The Bertz CT molecular complexity index is 458. The minimum absolute atomic E-state index is 0.262. The van der Waals surface area contributed by atoms with Crippen molar-refractivity contribution in [2.75, 3.05) is 41.0 Å². The van der Waals surface area contributed by atoms with Gasteiger partial charge in [-0.1, -0.05) is 0 Å². The summed E-state index contributed by atoms with van der Waals surface area (Å²) < 4.78 is 0.262. The molecule has 0 bridgehead atoms. The fourth-order valence-electron chi connectivity index (χ4n) is 2.40. The SMILES string of the molecule is CCN(CC)c1nc(NN)nc(NCC2(C)CCCS2)n1. The first-order chi connectivity index (χ1) is 10.1. The van der Waals surface area contributed by atoms with Gasteiger partial charge in [-0.05, 0) is 39.4 Å². The lowest BCUT2D eigenvalue weighted by atomic mass is 10.1. The van der Waals surface area contributed by atoms with Crippen LogP contribution in [0.2, 0.25) is 0 Å². The molecule has 0 aromatic carbocycles. The lowest BCUT2D eigenvalue weighted by Crippen LogP contribution is -2.29. The van der Waals surface area contributed by atoms with E-state index in [1.54, 1.807) is 0 Å². The highest BCUT2D eigenvalue weighted by atomic mass is 32.2. The summed E-state index contributed by atoms with van der Waals surface area (Å²) in [7, 11) is 0. The molecule has 1 aromatic rings. The molecule has 1 aliphatic rings. The van der Waals surface area contributed by atoms with Gasteiger partial charge in [-0.15, -0.1) is 0 Å². The minimum Gasteiger partial charge on any atom is -0.353 e. The highest BCUT2D eigenvalue weighted by molar-refractivity contribution is 8.00. The lowest BCUT2D eigenvalue weighted by molar-refractivity contribution is 0.632. The molecule has 1 atom stereocenters. The van der Waals surface area contributed by atoms with Crippen molar-refractivity contribution in [1.29, 1.82) is 0 Å². The predicted octanol–water partition coefficient (Wildman–Crippen LogP) is 1.70. The molecular formula is C13H25N7S. The molecule has 1 unspecified atom stereocenters. The van der Waals surface area contributed by atoms with Crippen molar-refractivity contribution in [2.24, 2.45) is 5.84 Å². The molecule has 7 nitrogen and oxygen atoms in total. The molecule has 0 radical (unpaired) electrons. The van der Waals surface area contributed by atoms with E-state index in [0.29, 0.717) is 17.8 Å². The molecular weight excluding hydrogens is 286 g/mol. The Hall–Kier alpha value is -1.28. The summed E-state index contributed by atoms with van der Waals surface area (Å²) in [5.41, 5.74) is 2.51. The van der Waals surface area contributed by atoms with Crippen molar-refractivity contribution >= 4 is 29.6 Å². The number of hydrogen-bond acceptors (Lipinski definition) is 8. The van der Waals surface area contributed by atoms with Gasteiger partial charge in [-0.3, -0.25) is 5.43 Å². The molecule has 2 heterocycles. The lowest BCUT2D eigenvalue weighted by Gasteiger charge is -2.24. The van der Waals surface area contributed by atoms with Crippen LogP contribution < -0.4 is 21.5 Å². The number of nitrogens with two attached hydrogens (primary N) is 1. The maximum absolute atomic E-state index is 5.46. The summed E-state index contributed by atoms with van der Waals surface area (Å²) in [4.78, 5) is 15.2. The monoisotopic (exact) mass is 311 g/mol. The zero-order valence-electron chi connectivity index (χ0n) is 13.0. The largest absolute Gasteiger partial charge is 0.353 e. The van der Waals surface area contributed by atoms with Crippen molar-refractivity contribution in [1.82, 2.24) is 15.0 Å². The summed E-state index contributed by atoms with van der Waals surface area (Å²) >= 11 is 2.01. The first-order valence-electron chi connectivity index (χ1n) is 7.45. The van der Waals surface area contributed by atoms with E-state index in [1.807, 2.05) is 11.8 Å². The number of anilines is 3. The van der Waals surface area contributed by atoms with Gasteiger partial charge in [0, 0.05) is 24.4 Å². The number of nitrogen functional groups attached to an aromatic ring is 1. The topological polar surface area (TPSA) is 92.0 Å². The number of thioether (sulfide) groups is 1. The Morgan fingerprint density at radius 1 is 1.24 bits per heavy atom. The van der Waals surface area contributed by atoms with Crippen LogP contribution in [0.25, 0.3) is 0 Å². The third-order valence-electron chi connectivity index (χ3n) is 3.72. The van der Waals surface area contributed by atoms with Gasteiger partial charge in [-0.2, -0.15) is 26.7 Å². The van der Waals surface area contributed by atoms with E-state index in [1.165, 1.54) is 18.6 Å². The van der Waals surface area contributed by atoms with Crippen molar-refractivity contribution in [3.05, 3.63) is 0 Å². The van der Waals surface area contributed by atoms with Crippen LogP contribution in [0.4, 0.5) is 17.8 Å². The van der Waals surface area contributed by atoms with Crippen LogP contribution in [0.1, 0.15) is 33.6 Å². The normalized spacial score (nSPS) is 21.3. The fourth-order valence-corrected chi connectivity index (χ4v) is 3.64. The van der Waals surface area contributed by atoms with Gasteiger partial charge in [-0.25, -0.2) is 5.84 Å². The fraction of sp³-hybridized carbons (Fsp3) is 0.769. The van der Waals surface area contributed by atoms with Crippen LogP contribution in [0.5, 0.6) is 0 Å². The minimum atomic E-state index is 0.262. The second kappa shape index (κ2) is 7.13. The molecule has 1 aliphatic heterocycles. The van der Waals surface area contributed by atoms with E-state index in [4.69, 9.17) is 5.84 Å². The number of nitrogens with zero attached hydrogens (tertiary/aromatic N) is 4. The van der Waals surface area contributed by atoms with Gasteiger partial charge < -0.3 is 10.2 Å². The maximum atomic E-state index is 5.46. The third-order valence-corrected chi connectivity index (χ3v) is 5.26. The molecule has 1 saturated heterocycles. The van der Waals surface area contributed by atoms with Gasteiger partial charge in [0.2, 0.25) is 17.8 Å². The molecule has 0 amide bonds. The Morgan fingerprint density at radius 3 is 2.52 bits per heavy atom. The molecule has 8 heteroatoms. The summed E-state index contributed by atoms with van der Waals surface area (Å²) in [6, 6.07) is 0. The van der Waals surface area contributed by atoms with Crippen LogP contribution in [0.3, 0.4) is 0 Å². The number of nitrogens with one attached hydrogen (secondary N) is 2. The molecule has 0 spiro atoms. The van der Waals surface area contributed by atoms with Crippen LogP contribution in [-0.4, -0.2) is 45.1 Å². The van der Waals surface area contributed by atoms with E-state index >= 15 is 0 Å². The second-order valence-corrected chi connectivity index (χ2v) is 7.04. The number of hydrogen-bond donors (Lipinski definition) is 3. The van der Waals surface area contributed by atoms with Gasteiger partial charge in [0.15, 0.2) is 0 Å². The molecule has 0 aliphatic carbocycles. The first kappa shape index (κ1) is 16.1. The van der Waals surface area contributed by atoms with Crippen molar-refractivity contribution in [3.8, 4) is 0 Å². The number of rotatable bonds is 7. The maximum Gasteiger partial charge on any atom is 0.243 e. The Morgan fingerprint density at radius 2 is 1.95 bits per heavy atom. The molecule has 0 saturated carbocycles. The smallest absolute Gasteiger partial charge is 0.243 e. The van der Waals surface area contributed by atoms with Crippen molar-refractivity contribution in [3.63, 3.8) is 0 Å². The van der Waals surface area contributed by atoms with Gasteiger partial charge in [0.25, 0.3) is 0 Å². The zero-order chi connectivity index (χ0) is 15.3. The van der Waals surface area contributed by atoms with Gasteiger partial charge in [0.05, 0.1) is 0 Å². The first-order valence-corrected chi connectivity index (χ1v) is 8.44. The van der Waals surface area contributed by atoms with E-state index in [0.717, 1.165) is 19.6 Å². The quantitative estimate of drug-likeness (QED) is 0.518. The van der Waals surface area contributed by atoms with Crippen LogP contribution in [0.15, 0.2) is 0 Å². The summed E-state index contributed by atoms with van der Waals surface area (Å²) in [5.74, 6) is 8.31. The molecule has 118 valence electrons. The third kappa shape index (κ3) is 4.10. The molecule has 21 heavy (non-hydrogen) atoms. The zero-order valence-corrected chi connectivity index (χ0v) is 13.8. The van der Waals surface area contributed by atoms with E-state index in [9.17, 15) is 0 Å². The predicted molar refractivity (Wildman–Crippen MR) is 89.8 cm³/mol. The number of hydrazine groups is 1. The summed E-state index contributed by atoms with van der Waals surface area (Å²) in [6.45, 7) is 8.98. The highest BCUT2D eigenvalue weighted by Gasteiger charge is 2.29. The standard InChI is InChI=1S/C13H25N7S/c1-4-20(5-2)12-17-10(16-11(18-12)19-14)15-9-13(3)7-6-8-21-13/h4-9,14H2,1-3H3,(H2,15,16,17,18,19). The highest BCUT2D eigenvalue weighted by Crippen LogP contribution is 2.37. The van der Waals surface area contributed by atoms with Crippen LogP contribution in [-0.2, 0) is 0 Å². The summed E-state index contributed by atoms with van der Waals surface area (Å²) in [5, 5.41) is 3.34. The van der Waals surface area contributed by atoms with Gasteiger partial charge >= 0.3 is 0 Å². The number of aromatic nitrogens is 3. The molecule has 1 aromatic heterocycles. The average molecular weight is 311 g/mol. The van der Waals surface area contributed by atoms with Gasteiger partial charge in [0.1, 0.15) is 0 Å². The second-order valence-electron chi connectivity index (χ2n) is 5.35. The van der Waals surface area contributed by atoms with E-state index in [-0.39, 0.29) is 4.75 Å².